The third kappa shape index (κ3) is 2.39. The zero-order chi connectivity index (χ0) is 15.0. The van der Waals surface area contributed by atoms with Crippen molar-refractivity contribution in [1.29, 1.82) is 0 Å². The van der Waals surface area contributed by atoms with E-state index in [2.05, 4.69) is 12.1 Å². The minimum Gasteiger partial charge on any atom is -0.474 e. The number of fused-ring (bicyclic) bond motifs is 3. The molecule has 2 aromatic carbocycles. The number of nitrogens with zero attached hydrogens (tertiary/aromatic N) is 1. The normalized spacial score (nSPS) is 11.7. The van der Waals surface area contributed by atoms with Crippen LogP contribution in [0.5, 0.6) is 0 Å². The number of benzene rings is 2. The Balaban J connectivity index is 1.84. The van der Waals surface area contributed by atoms with Crippen molar-refractivity contribution in [3.8, 4) is 11.1 Å². The smallest absolute Gasteiger partial charge is 0.396 e. The van der Waals surface area contributed by atoms with Crippen LogP contribution in [0.25, 0.3) is 11.1 Å². The Morgan fingerprint density at radius 1 is 1.05 bits per heavy atom. The van der Waals surface area contributed by atoms with Gasteiger partial charge in [0.15, 0.2) is 0 Å². The first-order valence-corrected chi connectivity index (χ1v) is 6.50. The van der Waals surface area contributed by atoms with Crippen LogP contribution in [0.2, 0.25) is 0 Å². The molecule has 0 fully saturated rings. The molecular formula is C16H13NO4. The molecule has 0 aromatic heterocycles. The number of carboxylic acids is 1. The first-order chi connectivity index (χ1) is 10.1. The lowest BCUT2D eigenvalue weighted by molar-refractivity contribution is -0.179. The molecule has 0 atom stereocenters. The van der Waals surface area contributed by atoms with Gasteiger partial charge in [-0.25, -0.2) is 9.86 Å². The number of rotatable bonds is 2. The molecule has 2 N–H and O–H groups in total. The Labute approximate surface area is 121 Å². The topological polar surface area (TPSA) is 77.8 Å². The molecule has 5 heteroatoms. The number of carbonyl (C=O) groups excluding carboxylic acids is 1. The monoisotopic (exact) mass is 283 g/mol. The summed E-state index contributed by atoms with van der Waals surface area (Å²) in [5.74, 6) is -3.01. The van der Waals surface area contributed by atoms with Gasteiger partial charge < -0.3 is 5.11 Å². The van der Waals surface area contributed by atoms with Crippen LogP contribution in [-0.4, -0.2) is 27.3 Å². The summed E-state index contributed by atoms with van der Waals surface area (Å²) in [5, 5.41) is 18.2. The van der Waals surface area contributed by atoms with Crippen LogP contribution in [0.1, 0.15) is 16.7 Å². The van der Waals surface area contributed by atoms with E-state index in [4.69, 9.17) is 5.11 Å². The first kappa shape index (κ1) is 13.3. The minimum absolute atomic E-state index is 0.144. The van der Waals surface area contributed by atoms with Gasteiger partial charge >= 0.3 is 11.9 Å². The van der Waals surface area contributed by atoms with E-state index in [1.54, 1.807) is 6.07 Å². The molecule has 2 aromatic rings. The van der Waals surface area contributed by atoms with E-state index in [-0.39, 0.29) is 11.6 Å². The van der Waals surface area contributed by atoms with Gasteiger partial charge in [0.2, 0.25) is 0 Å². The van der Waals surface area contributed by atoms with Gasteiger partial charge in [-0.05, 0) is 34.2 Å². The fourth-order valence-corrected chi connectivity index (χ4v) is 2.65. The van der Waals surface area contributed by atoms with Gasteiger partial charge in [-0.1, -0.05) is 42.5 Å². The maximum absolute atomic E-state index is 11.1. The maximum atomic E-state index is 11.1. The largest absolute Gasteiger partial charge is 0.474 e. The van der Waals surface area contributed by atoms with Crippen molar-refractivity contribution >= 4 is 11.9 Å². The first-order valence-electron chi connectivity index (χ1n) is 6.50. The number of hydroxylamine groups is 2. The van der Waals surface area contributed by atoms with Crippen LogP contribution in [0.15, 0.2) is 42.5 Å². The van der Waals surface area contributed by atoms with E-state index < -0.39 is 11.9 Å². The lowest BCUT2D eigenvalue weighted by Gasteiger charge is -2.13. The molecule has 0 aliphatic heterocycles. The molecule has 3 rings (SSSR count). The summed E-state index contributed by atoms with van der Waals surface area (Å²) in [5.41, 5.74) is 5.39. The summed E-state index contributed by atoms with van der Waals surface area (Å²) in [4.78, 5) is 21.7. The Hall–Kier alpha value is -2.66. The van der Waals surface area contributed by atoms with Crippen molar-refractivity contribution in [3.63, 3.8) is 0 Å². The summed E-state index contributed by atoms with van der Waals surface area (Å²) < 4.78 is 0. The summed E-state index contributed by atoms with van der Waals surface area (Å²) in [6.07, 6.45) is 0.803. The molecular weight excluding hydrogens is 270 g/mol. The van der Waals surface area contributed by atoms with Gasteiger partial charge in [0.25, 0.3) is 0 Å². The summed E-state index contributed by atoms with van der Waals surface area (Å²) >= 11 is 0. The van der Waals surface area contributed by atoms with E-state index >= 15 is 0 Å². The van der Waals surface area contributed by atoms with Crippen molar-refractivity contribution in [2.75, 3.05) is 0 Å². The molecule has 0 unspecified atom stereocenters. The second kappa shape index (κ2) is 5.03. The SMILES string of the molecule is O=C(O)C(=O)N(O)Cc1ccc2c(c1)Cc1ccccc1-2. The Morgan fingerprint density at radius 3 is 2.52 bits per heavy atom. The molecule has 0 spiro atoms. The molecule has 1 amide bonds. The predicted octanol–water partition coefficient (Wildman–Crippen LogP) is 2.06. The summed E-state index contributed by atoms with van der Waals surface area (Å²) in [6.45, 7) is -0.144. The highest BCUT2D eigenvalue weighted by molar-refractivity contribution is 6.30. The highest BCUT2D eigenvalue weighted by Gasteiger charge is 2.21. The number of hydrogen-bond acceptors (Lipinski definition) is 3. The number of carboxylic acid groups (broad SMARTS) is 1. The molecule has 0 bridgehead atoms. The van der Waals surface area contributed by atoms with Gasteiger partial charge in [0, 0.05) is 0 Å². The van der Waals surface area contributed by atoms with E-state index in [0.717, 1.165) is 17.5 Å². The lowest BCUT2D eigenvalue weighted by atomic mass is 10.0. The third-order valence-electron chi connectivity index (χ3n) is 3.61. The Bertz CT molecular complexity index is 739. The molecule has 106 valence electrons. The Kier molecular flexibility index (Phi) is 3.19. The lowest BCUT2D eigenvalue weighted by Crippen LogP contribution is -2.33. The highest BCUT2D eigenvalue weighted by atomic mass is 16.5. The number of aliphatic carboxylic acids is 1. The summed E-state index contributed by atoms with van der Waals surface area (Å²) in [6, 6.07) is 13.7. The van der Waals surface area contributed by atoms with Crippen LogP contribution >= 0.6 is 0 Å². The van der Waals surface area contributed by atoms with Gasteiger partial charge in [0.1, 0.15) is 0 Å². The second-order valence-corrected chi connectivity index (χ2v) is 4.99. The van der Waals surface area contributed by atoms with Crippen molar-refractivity contribution in [1.82, 2.24) is 5.06 Å². The molecule has 1 aliphatic carbocycles. The molecule has 0 heterocycles. The summed E-state index contributed by atoms with van der Waals surface area (Å²) in [7, 11) is 0. The van der Waals surface area contributed by atoms with Crippen molar-refractivity contribution in [2.24, 2.45) is 0 Å². The quantitative estimate of drug-likeness (QED) is 0.429. The number of carbonyl (C=O) groups is 2. The van der Waals surface area contributed by atoms with Crippen molar-refractivity contribution in [3.05, 3.63) is 59.2 Å². The standard InChI is InChI=1S/C16H13NO4/c18-15(16(19)20)17(21)9-10-5-6-14-12(7-10)8-11-3-1-2-4-13(11)14/h1-7,21H,8-9H2,(H,19,20). The fraction of sp³-hybridized carbons (Fsp3) is 0.125. The average Bonchev–Trinajstić information content (AvgIpc) is 2.83. The predicted molar refractivity (Wildman–Crippen MR) is 74.7 cm³/mol. The number of hydrogen-bond donors (Lipinski definition) is 2. The van der Waals surface area contributed by atoms with Gasteiger partial charge in [0.05, 0.1) is 6.54 Å². The van der Waals surface area contributed by atoms with Crippen LogP contribution in [0.3, 0.4) is 0 Å². The van der Waals surface area contributed by atoms with Crippen molar-refractivity contribution in [2.45, 2.75) is 13.0 Å². The van der Waals surface area contributed by atoms with E-state index in [0.29, 0.717) is 5.56 Å². The van der Waals surface area contributed by atoms with Crippen LogP contribution in [0.4, 0.5) is 0 Å². The zero-order valence-corrected chi connectivity index (χ0v) is 11.1. The molecule has 0 saturated heterocycles. The average molecular weight is 283 g/mol. The second-order valence-electron chi connectivity index (χ2n) is 4.99. The van der Waals surface area contributed by atoms with Crippen LogP contribution in [0, 0.1) is 0 Å². The Morgan fingerprint density at radius 2 is 1.76 bits per heavy atom. The van der Waals surface area contributed by atoms with E-state index in [1.807, 2.05) is 24.3 Å². The van der Waals surface area contributed by atoms with E-state index in [1.165, 1.54) is 11.1 Å². The minimum atomic E-state index is -1.67. The molecule has 0 saturated carbocycles. The van der Waals surface area contributed by atoms with Gasteiger partial charge in [-0.2, -0.15) is 0 Å². The van der Waals surface area contributed by atoms with Gasteiger partial charge in [-0.15, -0.1) is 0 Å². The third-order valence-corrected chi connectivity index (χ3v) is 3.61. The van der Waals surface area contributed by atoms with Crippen molar-refractivity contribution < 1.29 is 19.9 Å². The molecule has 1 aliphatic rings. The van der Waals surface area contributed by atoms with Crippen LogP contribution < -0.4 is 0 Å². The van der Waals surface area contributed by atoms with Gasteiger partial charge in [-0.3, -0.25) is 10.0 Å². The molecule has 21 heavy (non-hydrogen) atoms. The highest BCUT2D eigenvalue weighted by Crippen LogP contribution is 2.36. The van der Waals surface area contributed by atoms with Crippen LogP contribution in [-0.2, 0) is 22.6 Å². The maximum Gasteiger partial charge on any atom is 0.396 e. The fourth-order valence-electron chi connectivity index (χ4n) is 2.65. The molecule has 5 nitrogen and oxygen atoms in total. The molecule has 0 radical (unpaired) electrons. The van der Waals surface area contributed by atoms with E-state index in [9.17, 15) is 14.8 Å². The number of amides is 1. The zero-order valence-electron chi connectivity index (χ0n) is 11.1.